The van der Waals surface area contributed by atoms with Crippen LogP contribution >= 0.6 is 0 Å². The van der Waals surface area contributed by atoms with Crippen LogP contribution in [0.5, 0.6) is 0 Å². The summed E-state index contributed by atoms with van der Waals surface area (Å²) in [6.07, 6.45) is 0.936. The Morgan fingerprint density at radius 2 is 1.66 bits per heavy atom. The van der Waals surface area contributed by atoms with E-state index in [0.29, 0.717) is 29.2 Å². The second-order valence-corrected chi connectivity index (χ2v) is 7.97. The third kappa shape index (κ3) is 5.09. The molecule has 32 heavy (non-hydrogen) atoms. The van der Waals surface area contributed by atoms with Gasteiger partial charge in [0.25, 0.3) is 5.69 Å². The molecule has 164 valence electrons. The van der Waals surface area contributed by atoms with Gasteiger partial charge < -0.3 is 15.5 Å². The fourth-order valence-corrected chi connectivity index (χ4v) is 3.54. The zero-order valence-electron chi connectivity index (χ0n) is 18.2. The zero-order valence-corrected chi connectivity index (χ0v) is 18.2. The molecule has 1 heterocycles. The number of aromatic nitrogens is 2. The fraction of sp³-hybridized carbons (Fsp3) is 0.250. The van der Waals surface area contributed by atoms with Gasteiger partial charge in [0.15, 0.2) is 11.6 Å². The maximum absolute atomic E-state index is 11.1. The molecular weight excluding hydrogens is 404 g/mol. The summed E-state index contributed by atoms with van der Waals surface area (Å²) in [5.74, 6) is 1.22. The highest BCUT2D eigenvalue weighted by Gasteiger charge is 2.13. The smallest absolute Gasteiger partial charge is 0.271 e. The average molecular weight is 431 g/mol. The highest BCUT2D eigenvalue weighted by atomic mass is 16.6. The van der Waals surface area contributed by atoms with E-state index in [0.717, 1.165) is 25.1 Å². The predicted molar refractivity (Wildman–Crippen MR) is 129 cm³/mol. The largest absolute Gasteiger partial charge is 0.367 e. The number of fused-ring (bicyclic) bond motifs is 2. The Hall–Kier alpha value is -3.78. The van der Waals surface area contributed by atoms with E-state index < -0.39 is 4.92 Å². The van der Waals surface area contributed by atoms with Crippen LogP contribution < -0.4 is 10.6 Å². The van der Waals surface area contributed by atoms with Gasteiger partial charge in [0, 0.05) is 25.2 Å². The second-order valence-electron chi connectivity index (χ2n) is 7.97. The maximum atomic E-state index is 11.1. The monoisotopic (exact) mass is 430 g/mol. The molecule has 4 rings (SSSR count). The van der Waals surface area contributed by atoms with Crippen LogP contribution in [0.25, 0.3) is 21.8 Å². The minimum atomic E-state index is -0.419. The number of hydrogen-bond donors (Lipinski definition) is 2. The first-order chi connectivity index (χ1) is 15.5. The van der Waals surface area contributed by atoms with Crippen molar-refractivity contribution in [1.82, 2.24) is 14.9 Å². The first-order valence-corrected chi connectivity index (χ1v) is 10.6. The van der Waals surface area contributed by atoms with Gasteiger partial charge in [0.1, 0.15) is 0 Å². The van der Waals surface area contributed by atoms with E-state index in [4.69, 9.17) is 4.98 Å². The van der Waals surface area contributed by atoms with Gasteiger partial charge in [0.2, 0.25) is 0 Å². The highest BCUT2D eigenvalue weighted by molar-refractivity contribution is 5.84. The van der Waals surface area contributed by atoms with E-state index in [1.807, 2.05) is 26.2 Å². The van der Waals surface area contributed by atoms with Gasteiger partial charge in [-0.25, -0.2) is 9.97 Å². The Bertz CT molecular complexity index is 1260. The Morgan fingerprint density at radius 1 is 0.906 bits per heavy atom. The SMILES string of the molecule is CN(C)CCCNc1nc2cc([N+](=O)[O-])ccc2nc1NCc1ccc2ccccc2c1. The number of nitrogens with one attached hydrogen (secondary N) is 2. The predicted octanol–water partition coefficient (Wildman–Crippen LogP) is 4.67. The quantitative estimate of drug-likeness (QED) is 0.226. The van der Waals surface area contributed by atoms with Crippen LogP contribution in [0.3, 0.4) is 0 Å². The van der Waals surface area contributed by atoms with Gasteiger partial charge in [-0.15, -0.1) is 0 Å². The van der Waals surface area contributed by atoms with Crippen LogP contribution in [0.15, 0.2) is 60.7 Å². The van der Waals surface area contributed by atoms with E-state index in [9.17, 15) is 10.1 Å². The average Bonchev–Trinajstić information content (AvgIpc) is 2.79. The van der Waals surface area contributed by atoms with Crippen LogP contribution in [0.2, 0.25) is 0 Å². The maximum Gasteiger partial charge on any atom is 0.271 e. The van der Waals surface area contributed by atoms with Crippen molar-refractivity contribution in [3.63, 3.8) is 0 Å². The number of benzene rings is 3. The second kappa shape index (κ2) is 9.57. The van der Waals surface area contributed by atoms with Crippen LogP contribution in [0.4, 0.5) is 17.3 Å². The molecule has 1 aromatic heterocycles. The minimum Gasteiger partial charge on any atom is -0.367 e. The molecular formula is C24H26N6O2. The molecule has 0 bridgehead atoms. The fourth-order valence-electron chi connectivity index (χ4n) is 3.54. The number of non-ortho nitro benzene ring substituents is 1. The van der Waals surface area contributed by atoms with Gasteiger partial charge in [0.05, 0.1) is 16.0 Å². The van der Waals surface area contributed by atoms with Crippen LogP contribution in [-0.2, 0) is 6.54 Å². The normalized spacial score (nSPS) is 11.2. The molecule has 0 unspecified atom stereocenters. The number of nitrogens with zero attached hydrogens (tertiary/aromatic N) is 4. The number of rotatable bonds is 9. The molecule has 3 aromatic carbocycles. The van der Waals surface area contributed by atoms with E-state index >= 15 is 0 Å². The molecule has 0 amide bonds. The molecule has 8 nitrogen and oxygen atoms in total. The topological polar surface area (TPSA) is 96.2 Å². The number of nitro groups is 1. The molecule has 2 N–H and O–H groups in total. The number of anilines is 2. The van der Waals surface area contributed by atoms with Crippen LogP contribution in [0.1, 0.15) is 12.0 Å². The Kier molecular flexibility index (Phi) is 6.42. The van der Waals surface area contributed by atoms with Crippen LogP contribution in [0, 0.1) is 10.1 Å². The first kappa shape index (κ1) is 21.5. The van der Waals surface area contributed by atoms with Crippen molar-refractivity contribution in [2.75, 3.05) is 37.8 Å². The van der Waals surface area contributed by atoms with E-state index in [-0.39, 0.29) is 5.69 Å². The van der Waals surface area contributed by atoms with Gasteiger partial charge in [-0.2, -0.15) is 0 Å². The molecule has 0 aliphatic heterocycles. The third-order valence-electron chi connectivity index (χ3n) is 5.21. The number of nitro benzene ring substituents is 1. The Morgan fingerprint density at radius 3 is 2.44 bits per heavy atom. The molecule has 0 radical (unpaired) electrons. The van der Waals surface area contributed by atoms with Crippen molar-refractivity contribution >= 4 is 39.1 Å². The summed E-state index contributed by atoms with van der Waals surface area (Å²) in [6.45, 7) is 2.25. The molecule has 0 fully saturated rings. The first-order valence-electron chi connectivity index (χ1n) is 10.6. The number of hydrogen-bond acceptors (Lipinski definition) is 7. The summed E-state index contributed by atoms with van der Waals surface area (Å²) in [7, 11) is 4.07. The van der Waals surface area contributed by atoms with Crippen molar-refractivity contribution in [3.8, 4) is 0 Å². The van der Waals surface area contributed by atoms with Gasteiger partial charge in [-0.3, -0.25) is 10.1 Å². The molecule has 0 aliphatic carbocycles. The van der Waals surface area contributed by atoms with Gasteiger partial charge in [-0.1, -0.05) is 36.4 Å². The molecule has 0 atom stereocenters. The summed E-state index contributed by atoms with van der Waals surface area (Å²) < 4.78 is 0. The molecule has 4 aromatic rings. The van der Waals surface area contributed by atoms with Crippen molar-refractivity contribution in [2.24, 2.45) is 0 Å². The van der Waals surface area contributed by atoms with Crippen molar-refractivity contribution in [2.45, 2.75) is 13.0 Å². The molecule has 0 saturated heterocycles. The van der Waals surface area contributed by atoms with Gasteiger partial charge >= 0.3 is 0 Å². The lowest BCUT2D eigenvalue weighted by Crippen LogP contribution is -2.17. The standard InChI is InChI=1S/C24H26N6O2/c1-29(2)13-5-12-25-23-24(27-21-11-10-20(30(31)32)15-22(21)28-23)26-16-17-8-9-18-6-3-4-7-19(18)14-17/h3-4,6-11,14-15H,5,12-13,16H2,1-2H3,(H,25,28)(H,26,27). The summed E-state index contributed by atoms with van der Waals surface area (Å²) in [5, 5.41) is 20.3. The van der Waals surface area contributed by atoms with Crippen molar-refractivity contribution in [3.05, 3.63) is 76.3 Å². The summed E-state index contributed by atoms with van der Waals surface area (Å²) in [4.78, 5) is 22.2. The Labute approximate surface area is 186 Å². The van der Waals surface area contributed by atoms with Crippen molar-refractivity contribution < 1.29 is 4.92 Å². The Balaban J connectivity index is 1.59. The molecule has 0 spiro atoms. The molecule has 8 heteroatoms. The van der Waals surface area contributed by atoms with Gasteiger partial charge in [-0.05, 0) is 55.5 Å². The summed E-state index contributed by atoms with van der Waals surface area (Å²) in [5.41, 5.74) is 2.23. The lowest BCUT2D eigenvalue weighted by atomic mass is 10.1. The summed E-state index contributed by atoms with van der Waals surface area (Å²) in [6, 6.07) is 19.2. The summed E-state index contributed by atoms with van der Waals surface area (Å²) >= 11 is 0. The van der Waals surface area contributed by atoms with E-state index in [2.05, 4.69) is 50.8 Å². The molecule has 0 aliphatic rings. The third-order valence-corrected chi connectivity index (χ3v) is 5.21. The van der Waals surface area contributed by atoms with Crippen LogP contribution in [-0.4, -0.2) is 47.0 Å². The van der Waals surface area contributed by atoms with E-state index in [1.54, 1.807) is 6.07 Å². The van der Waals surface area contributed by atoms with E-state index in [1.165, 1.54) is 22.9 Å². The lowest BCUT2D eigenvalue weighted by Gasteiger charge is -2.15. The minimum absolute atomic E-state index is 0.00207. The van der Waals surface area contributed by atoms with Crippen molar-refractivity contribution in [1.29, 1.82) is 0 Å². The zero-order chi connectivity index (χ0) is 22.5. The molecule has 0 saturated carbocycles. The highest BCUT2D eigenvalue weighted by Crippen LogP contribution is 2.25. The lowest BCUT2D eigenvalue weighted by molar-refractivity contribution is -0.384.